The van der Waals surface area contributed by atoms with Crippen LogP contribution >= 0.6 is 0 Å². The molecule has 1 saturated heterocycles. The van der Waals surface area contributed by atoms with E-state index < -0.39 is 0 Å². The number of hydrogen-bond acceptors (Lipinski definition) is 8. The van der Waals surface area contributed by atoms with Gasteiger partial charge in [-0.1, -0.05) is 54.6 Å². The molecule has 0 aliphatic carbocycles. The average molecular weight is 552 g/mol. The van der Waals surface area contributed by atoms with Crippen LogP contribution in [-0.2, 0) is 13.2 Å². The van der Waals surface area contributed by atoms with Gasteiger partial charge in [-0.15, -0.1) is 0 Å². The second-order valence-corrected chi connectivity index (χ2v) is 10.7. The van der Waals surface area contributed by atoms with E-state index in [0.717, 1.165) is 83.1 Å². The van der Waals surface area contributed by atoms with Crippen molar-refractivity contribution in [1.82, 2.24) is 24.8 Å². The van der Waals surface area contributed by atoms with Crippen molar-refractivity contribution < 1.29 is 4.74 Å². The van der Waals surface area contributed by atoms with Gasteiger partial charge in [-0.2, -0.15) is 5.26 Å². The van der Waals surface area contributed by atoms with Crippen molar-refractivity contribution in [2.24, 2.45) is 0 Å². The SMILES string of the molecule is N#Cc1nccc(NC2CCN(Cc3ccc(-c4cnc5c(c4-c4ccccc4)COc4cnccc4-5)cc3)CC2)n1. The first kappa shape index (κ1) is 25.8. The number of likely N-dealkylation sites (tertiary alicyclic amines) is 1. The van der Waals surface area contributed by atoms with Gasteiger partial charge < -0.3 is 10.1 Å². The summed E-state index contributed by atoms with van der Waals surface area (Å²) in [6.45, 7) is 3.36. The number of aromatic nitrogens is 4. The van der Waals surface area contributed by atoms with Crippen LogP contribution in [0, 0.1) is 11.3 Å². The fourth-order valence-electron chi connectivity index (χ4n) is 5.90. The molecule has 206 valence electrons. The molecule has 42 heavy (non-hydrogen) atoms. The summed E-state index contributed by atoms with van der Waals surface area (Å²) in [5.41, 5.74) is 8.88. The van der Waals surface area contributed by atoms with Crippen LogP contribution in [0.25, 0.3) is 33.5 Å². The van der Waals surface area contributed by atoms with Crippen LogP contribution in [0.2, 0.25) is 0 Å². The van der Waals surface area contributed by atoms with Crippen molar-refractivity contribution in [3.63, 3.8) is 0 Å². The maximum Gasteiger partial charge on any atom is 0.234 e. The summed E-state index contributed by atoms with van der Waals surface area (Å²) in [7, 11) is 0. The molecule has 8 nitrogen and oxygen atoms in total. The fraction of sp³-hybridized carbons (Fsp3) is 0.206. The van der Waals surface area contributed by atoms with Gasteiger partial charge in [-0.25, -0.2) is 9.97 Å². The summed E-state index contributed by atoms with van der Waals surface area (Å²) in [5, 5.41) is 12.5. The van der Waals surface area contributed by atoms with Crippen molar-refractivity contribution in [2.45, 2.75) is 32.0 Å². The molecule has 0 radical (unpaired) electrons. The molecule has 0 spiro atoms. The summed E-state index contributed by atoms with van der Waals surface area (Å²) in [5.74, 6) is 1.68. The third-order valence-electron chi connectivity index (χ3n) is 8.02. The molecule has 0 atom stereocenters. The monoisotopic (exact) mass is 551 g/mol. The maximum atomic E-state index is 9.05. The number of benzene rings is 2. The van der Waals surface area contributed by atoms with Gasteiger partial charge in [0.1, 0.15) is 24.2 Å². The number of nitriles is 1. The van der Waals surface area contributed by atoms with Crippen molar-refractivity contribution >= 4 is 5.82 Å². The van der Waals surface area contributed by atoms with E-state index in [1.807, 2.05) is 30.5 Å². The lowest BCUT2D eigenvalue weighted by Gasteiger charge is -2.32. The molecule has 5 heterocycles. The highest BCUT2D eigenvalue weighted by atomic mass is 16.5. The molecule has 0 unspecified atom stereocenters. The summed E-state index contributed by atoms with van der Waals surface area (Å²) >= 11 is 0. The average Bonchev–Trinajstić information content (AvgIpc) is 3.06. The Labute approximate surface area is 244 Å². The first-order valence-corrected chi connectivity index (χ1v) is 14.2. The first-order chi connectivity index (χ1) is 20.7. The van der Waals surface area contributed by atoms with E-state index in [1.54, 1.807) is 18.6 Å². The third kappa shape index (κ3) is 5.18. The number of pyridine rings is 2. The molecule has 7 rings (SSSR count). The Hall–Kier alpha value is -5.13. The minimum absolute atomic E-state index is 0.194. The largest absolute Gasteiger partial charge is 0.486 e. The van der Waals surface area contributed by atoms with Gasteiger partial charge in [0.05, 0.1) is 11.9 Å². The zero-order valence-electron chi connectivity index (χ0n) is 23.1. The molecule has 1 fully saturated rings. The minimum atomic E-state index is 0.194. The van der Waals surface area contributed by atoms with Crippen LogP contribution < -0.4 is 10.1 Å². The summed E-state index contributed by atoms with van der Waals surface area (Å²) < 4.78 is 6.13. The molecule has 1 N–H and O–H groups in total. The molecule has 8 heteroatoms. The van der Waals surface area contributed by atoms with E-state index in [1.165, 1.54) is 5.56 Å². The Kier molecular flexibility index (Phi) is 7.00. The Balaban J connectivity index is 1.09. The molecule has 0 saturated carbocycles. The molecule has 2 aromatic carbocycles. The van der Waals surface area contributed by atoms with E-state index in [9.17, 15) is 0 Å². The number of fused-ring (bicyclic) bond motifs is 3. The lowest BCUT2D eigenvalue weighted by molar-refractivity contribution is 0.211. The number of rotatable bonds is 6. The van der Waals surface area contributed by atoms with Crippen LogP contribution in [-0.4, -0.2) is 44.0 Å². The molecule has 2 aliphatic heterocycles. The quantitative estimate of drug-likeness (QED) is 0.270. The highest BCUT2D eigenvalue weighted by molar-refractivity contribution is 5.90. The first-order valence-electron chi connectivity index (χ1n) is 14.2. The molecule has 0 amide bonds. The van der Waals surface area contributed by atoms with Crippen molar-refractivity contribution in [3.05, 3.63) is 108 Å². The molecule has 3 aromatic heterocycles. The van der Waals surface area contributed by atoms with Gasteiger partial charge in [-0.3, -0.25) is 14.9 Å². The summed E-state index contributed by atoms with van der Waals surface area (Å²) in [4.78, 5) is 19.9. The highest BCUT2D eigenvalue weighted by Crippen LogP contribution is 2.43. The Morgan fingerprint density at radius 3 is 2.52 bits per heavy atom. The van der Waals surface area contributed by atoms with E-state index in [4.69, 9.17) is 15.0 Å². The predicted octanol–water partition coefficient (Wildman–Crippen LogP) is 6.11. The van der Waals surface area contributed by atoms with Crippen LogP contribution in [0.1, 0.15) is 29.8 Å². The molecule has 2 aliphatic rings. The summed E-state index contributed by atoms with van der Waals surface area (Å²) in [6, 6.07) is 25.5. The van der Waals surface area contributed by atoms with Crippen molar-refractivity contribution in [3.8, 4) is 45.3 Å². The van der Waals surface area contributed by atoms with Gasteiger partial charge in [0.25, 0.3) is 0 Å². The van der Waals surface area contributed by atoms with Gasteiger partial charge in [0.15, 0.2) is 0 Å². The topological polar surface area (TPSA) is 99.9 Å². The second kappa shape index (κ2) is 11.4. The number of piperidine rings is 1. The van der Waals surface area contributed by atoms with Crippen LogP contribution in [0.3, 0.4) is 0 Å². The van der Waals surface area contributed by atoms with Crippen LogP contribution in [0.5, 0.6) is 5.75 Å². The number of nitrogens with one attached hydrogen (secondary N) is 1. The molecule has 5 aromatic rings. The third-order valence-corrected chi connectivity index (χ3v) is 8.02. The standard InChI is InChI=1S/C34H29N7O/c35-18-32-37-15-11-31(40-32)39-26-12-16-41(17-13-26)21-23-6-8-24(9-7-23)28-19-38-34-27-10-14-36-20-30(27)42-22-29(34)33(28)25-4-2-1-3-5-25/h1-11,14-15,19-20,26H,12-13,16-17,21-22H2,(H,37,39,40). The van der Waals surface area contributed by atoms with E-state index in [0.29, 0.717) is 12.6 Å². The Bertz CT molecular complexity index is 1760. The van der Waals surface area contributed by atoms with Gasteiger partial charge in [0, 0.05) is 61.0 Å². The van der Waals surface area contributed by atoms with E-state index in [2.05, 4.69) is 73.7 Å². The smallest absolute Gasteiger partial charge is 0.234 e. The summed E-state index contributed by atoms with van der Waals surface area (Å²) in [6.07, 6.45) is 9.22. The minimum Gasteiger partial charge on any atom is -0.486 e. The highest BCUT2D eigenvalue weighted by Gasteiger charge is 2.25. The zero-order chi connectivity index (χ0) is 28.3. The number of anilines is 1. The predicted molar refractivity (Wildman–Crippen MR) is 161 cm³/mol. The second-order valence-electron chi connectivity index (χ2n) is 10.7. The van der Waals surface area contributed by atoms with E-state index in [-0.39, 0.29) is 5.82 Å². The van der Waals surface area contributed by atoms with Gasteiger partial charge in [-0.05, 0) is 47.2 Å². The maximum absolute atomic E-state index is 9.05. The number of ether oxygens (including phenoxy) is 1. The van der Waals surface area contributed by atoms with E-state index >= 15 is 0 Å². The lowest BCUT2D eigenvalue weighted by Crippen LogP contribution is -2.38. The van der Waals surface area contributed by atoms with Crippen molar-refractivity contribution in [2.75, 3.05) is 18.4 Å². The Morgan fingerprint density at radius 1 is 0.881 bits per heavy atom. The lowest BCUT2D eigenvalue weighted by atomic mass is 9.88. The molecular weight excluding hydrogens is 522 g/mol. The van der Waals surface area contributed by atoms with Crippen LogP contribution in [0.15, 0.2) is 91.5 Å². The fourth-order valence-corrected chi connectivity index (χ4v) is 5.90. The van der Waals surface area contributed by atoms with Crippen LogP contribution in [0.4, 0.5) is 5.82 Å². The number of nitrogens with zero attached hydrogens (tertiary/aromatic N) is 6. The van der Waals surface area contributed by atoms with Gasteiger partial charge in [0.2, 0.25) is 5.82 Å². The van der Waals surface area contributed by atoms with Gasteiger partial charge >= 0.3 is 0 Å². The molecule has 0 bridgehead atoms. The normalized spacial score (nSPS) is 14.7. The molecular formula is C34H29N7O. The van der Waals surface area contributed by atoms with Crippen molar-refractivity contribution in [1.29, 1.82) is 5.26 Å². The zero-order valence-corrected chi connectivity index (χ0v) is 23.1. The Morgan fingerprint density at radius 2 is 1.71 bits per heavy atom. The number of hydrogen-bond donors (Lipinski definition) is 1.